The van der Waals surface area contributed by atoms with Crippen molar-refractivity contribution in [3.63, 3.8) is 0 Å². The van der Waals surface area contributed by atoms with E-state index in [0.717, 1.165) is 25.6 Å². The Balaban J connectivity index is 1.82. The number of nitrogens with zero attached hydrogens (tertiary/aromatic N) is 3. The molecule has 2 heterocycles. The van der Waals surface area contributed by atoms with Crippen LogP contribution in [-0.4, -0.2) is 38.8 Å². The molecular weight excluding hydrogens is 260 g/mol. The molecule has 1 saturated heterocycles. The number of hydrogen-bond donors (Lipinski definition) is 1. The van der Waals surface area contributed by atoms with E-state index in [1.165, 1.54) is 31.2 Å². The normalized spacial score (nSPS) is 29.7. The summed E-state index contributed by atoms with van der Waals surface area (Å²) in [5, 5.41) is 8.25. The highest BCUT2D eigenvalue weighted by molar-refractivity contribution is 5.12. The molecule has 1 aromatic heterocycles. The lowest BCUT2D eigenvalue weighted by atomic mass is 9.81. The summed E-state index contributed by atoms with van der Waals surface area (Å²) in [6.07, 6.45) is 9.39. The van der Waals surface area contributed by atoms with E-state index in [0.29, 0.717) is 11.1 Å². The van der Waals surface area contributed by atoms with Gasteiger partial charge in [0.15, 0.2) is 0 Å². The zero-order chi connectivity index (χ0) is 15.1. The predicted molar refractivity (Wildman–Crippen MR) is 86.1 cm³/mol. The summed E-state index contributed by atoms with van der Waals surface area (Å²) in [5.74, 6) is 0.876. The first-order valence-corrected chi connectivity index (χ1v) is 8.49. The Morgan fingerprint density at radius 1 is 1.33 bits per heavy atom. The molecule has 1 aliphatic carbocycles. The fourth-order valence-corrected chi connectivity index (χ4v) is 4.04. The second kappa shape index (κ2) is 5.40. The summed E-state index contributed by atoms with van der Waals surface area (Å²) in [4.78, 5) is 2.73. The Kier molecular flexibility index (Phi) is 3.87. The summed E-state index contributed by atoms with van der Waals surface area (Å²) < 4.78 is 1.91. The summed E-state index contributed by atoms with van der Waals surface area (Å²) in [7, 11) is 2.00. The van der Waals surface area contributed by atoms with Crippen molar-refractivity contribution in [2.75, 3.05) is 13.1 Å². The number of rotatable bonds is 5. The quantitative estimate of drug-likeness (QED) is 0.905. The lowest BCUT2D eigenvalue weighted by Gasteiger charge is -2.54. The van der Waals surface area contributed by atoms with E-state index in [1.807, 2.05) is 17.9 Å². The molecule has 1 atom stereocenters. The van der Waals surface area contributed by atoms with Gasteiger partial charge in [0.2, 0.25) is 0 Å². The molecule has 1 aromatic rings. The molecule has 0 amide bonds. The van der Waals surface area contributed by atoms with E-state index in [2.05, 4.69) is 42.3 Å². The number of aryl methyl sites for hydroxylation is 1. The third-order valence-electron chi connectivity index (χ3n) is 5.94. The van der Waals surface area contributed by atoms with Crippen LogP contribution in [0.2, 0.25) is 0 Å². The molecular formula is C17H30N4. The number of hydrogen-bond acceptors (Lipinski definition) is 3. The molecule has 1 unspecified atom stereocenters. The van der Waals surface area contributed by atoms with E-state index in [4.69, 9.17) is 0 Å². The van der Waals surface area contributed by atoms with E-state index in [9.17, 15) is 0 Å². The van der Waals surface area contributed by atoms with Crippen LogP contribution in [0.15, 0.2) is 12.4 Å². The molecule has 0 radical (unpaired) electrons. The molecule has 1 N–H and O–H groups in total. The van der Waals surface area contributed by atoms with Crippen molar-refractivity contribution in [2.45, 2.75) is 64.1 Å². The van der Waals surface area contributed by atoms with Crippen LogP contribution in [0.1, 0.15) is 52.0 Å². The summed E-state index contributed by atoms with van der Waals surface area (Å²) in [6.45, 7) is 10.4. The van der Waals surface area contributed by atoms with Crippen molar-refractivity contribution in [1.82, 2.24) is 20.0 Å². The van der Waals surface area contributed by atoms with Gasteiger partial charge in [-0.3, -0.25) is 9.58 Å². The third-order valence-corrected chi connectivity index (χ3v) is 5.94. The second-order valence-corrected chi connectivity index (χ2v) is 7.36. The molecule has 4 nitrogen and oxygen atoms in total. The van der Waals surface area contributed by atoms with Gasteiger partial charge in [-0.1, -0.05) is 13.8 Å². The maximum atomic E-state index is 4.34. The Labute approximate surface area is 128 Å². The van der Waals surface area contributed by atoms with Crippen LogP contribution in [-0.2, 0) is 13.6 Å². The maximum Gasteiger partial charge on any atom is 0.0534 e. The molecule has 1 aliphatic heterocycles. The molecule has 21 heavy (non-hydrogen) atoms. The monoisotopic (exact) mass is 290 g/mol. The molecule has 2 aliphatic rings. The van der Waals surface area contributed by atoms with Gasteiger partial charge in [0, 0.05) is 49.5 Å². The standard InChI is InChI=1S/C17H30N4/c1-5-17(6-2)12-18-16(3,15-7-8-15)13-21(17)11-14-9-19-20(4)10-14/h9-10,15,18H,5-8,11-13H2,1-4H3. The van der Waals surface area contributed by atoms with Crippen LogP contribution in [0.4, 0.5) is 0 Å². The van der Waals surface area contributed by atoms with Gasteiger partial charge in [0.25, 0.3) is 0 Å². The van der Waals surface area contributed by atoms with Crippen LogP contribution in [0.3, 0.4) is 0 Å². The molecule has 0 aromatic carbocycles. The topological polar surface area (TPSA) is 33.1 Å². The van der Waals surface area contributed by atoms with Crippen molar-refractivity contribution >= 4 is 0 Å². The Morgan fingerprint density at radius 2 is 2.05 bits per heavy atom. The molecule has 0 bridgehead atoms. The lowest BCUT2D eigenvalue weighted by Crippen LogP contribution is -2.69. The first-order valence-electron chi connectivity index (χ1n) is 8.49. The van der Waals surface area contributed by atoms with Gasteiger partial charge in [0.1, 0.15) is 0 Å². The highest BCUT2D eigenvalue weighted by Crippen LogP contribution is 2.44. The fourth-order valence-electron chi connectivity index (χ4n) is 4.04. The van der Waals surface area contributed by atoms with Gasteiger partial charge in [-0.2, -0.15) is 5.10 Å². The van der Waals surface area contributed by atoms with Crippen molar-refractivity contribution in [3.05, 3.63) is 18.0 Å². The van der Waals surface area contributed by atoms with Gasteiger partial charge < -0.3 is 5.32 Å². The van der Waals surface area contributed by atoms with Crippen molar-refractivity contribution in [3.8, 4) is 0 Å². The Hall–Kier alpha value is -0.870. The van der Waals surface area contributed by atoms with Crippen molar-refractivity contribution in [1.29, 1.82) is 0 Å². The maximum absolute atomic E-state index is 4.34. The average molecular weight is 290 g/mol. The van der Waals surface area contributed by atoms with Crippen LogP contribution >= 0.6 is 0 Å². The smallest absolute Gasteiger partial charge is 0.0534 e. The molecule has 4 heteroatoms. The fraction of sp³-hybridized carbons (Fsp3) is 0.824. The van der Waals surface area contributed by atoms with E-state index in [1.54, 1.807) is 0 Å². The summed E-state index contributed by atoms with van der Waals surface area (Å²) >= 11 is 0. The van der Waals surface area contributed by atoms with E-state index < -0.39 is 0 Å². The van der Waals surface area contributed by atoms with Crippen LogP contribution < -0.4 is 5.32 Å². The lowest BCUT2D eigenvalue weighted by molar-refractivity contribution is -0.00971. The Bertz CT molecular complexity index is 487. The zero-order valence-corrected chi connectivity index (χ0v) is 14.0. The molecule has 118 valence electrons. The molecule has 0 spiro atoms. The largest absolute Gasteiger partial charge is 0.308 e. The van der Waals surface area contributed by atoms with Gasteiger partial charge in [-0.15, -0.1) is 0 Å². The Morgan fingerprint density at radius 3 is 2.57 bits per heavy atom. The molecule has 3 rings (SSSR count). The van der Waals surface area contributed by atoms with Crippen LogP contribution in [0, 0.1) is 5.92 Å². The highest BCUT2D eigenvalue weighted by atomic mass is 15.3. The van der Waals surface area contributed by atoms with Crippen LogP contribution in [0.25, 0.3) is 0 Å². The summed E-state index contributed by atoms with van der Waals surface area (Å²) in [5.41, 5.74) is 1.93. The van der Waals surface area contributed by atoms with Crippen molar-refractivity contribution < 1.29 is 0 Å². The minimum atomic E-state index is 0.296. The van der Waals surface area contributed by atoms with Gasteiger partial charge in [-0.25, -0.2) is 0 Å². The first kappa shape index (κ1) is 15.0. The molecule has 2 fully saturated rings. The predicted octanol–water partition coefficient (Wildman–Crippen LogP) is 2.55. The SMILES string of the molecule is CCC1(CC)CNC(C)(C2CC2)CN1Cc1cnn(C)c1. The number of aromatic nitrogens is 2. The van der Waals surface area contributed by atoms with Gasteiger partial charge in [0.05, 0.1) is 6.20 Å². The van der Waals surface area contributed by atoms with Crippen molar-refractivity contribution in [2.24, 2.45) is 13.0 Å². The minimum Gasteiger partial charge on any atom is -0.308 e. The van der Waals surface area contributed by atoms with E-state index >= 15 is 0 Å². The first-order chi connectivity index (χ1) is 10.0. The highest BCUT2D eigenvalue weighted by Gasteiger charge is 2.49. The third kappa shape index (κ3) is 2.76. The average Bonchev–Trinajstić information content (AvgIpc) is 3.25. The molecule has 1 saturated carbocycles. The van der Waals surface area contributed by atoms with Gasteiger partial charge >= 0.3 is 0 Å². The minimum absolute atomic E-state index is 0.296. The zero-order valence-electron chi connectivity index (χ0n) is 14.0. The van der Waals surface area contributed by atoms with Gasteiger partial charge in [-0.05, 0) is 38.5 Å². The summed E-state index contributed by atoms with van der Waals surface area (Å²) in [6, 6.07) is 0. The van der Waals surface area contributed by atoms with E-state index in [-0.39, 0.29) is 0 Å². The van der Waals surface area contributed by atoms with Crippen LogP contribution in [0.5, 0.6) is 0 Å². The number of nitrogens with one attached hydrogen (secondary N) is 1. The number of piperazine rings is 1. The second-order valence-electron chi connectivity index (χ2n) is 7.36.